The second-order valence-corrected chi connectivity index (χ2v) is 9.19. The number of morpholine rings is 1. The first-order valence-electron chi connectivity index (χ1n) is 12.5. The average molecular weight is 572 g/mol. The maximum absolute atomic E-state index is 5.98. The lowest BCUT2D eigenvalue weighted by Crippen LogP contribution is -2.53. The number of hydrogen-bond donors (Lipinski definition) is 1. The first-order valence-corrected chi connectivity index (χ1v) is 12.5. The number of guanidine groups is 1. The normalized spacial score (nSPS) is 25.1. The molecule has 8 heteroatoms. The Balaban J connectivity index is 0.00000306. The molecule has 0 bridgehead atoms. The molecule has 0 saturated carbocycles. The summed E-state index contributed by atoms with van der Waals surface area (Å²) in [7, 11) is 1.88. The highest BCUT2D eigenvalue weighted by atomic mass is 127. The Hall–Kier alpha value is -0.940. The van der Waals surface area contributed by atoms with Crippen LogP contribution in [-0.4, -0.2) is 105 Å². The van der Waals surface area contributed by atoms with Crippen LogP contribution in [0.5, 0.6) is 0 Å². The zero-order valence-electron chi connectivity index (χ0n) is 20.2. The summed E-state index contributed by atoms with van der Waals surface area (Å²) in [5.74, 6) is 1.01. The molecule has 0 aliphatic carbocycles. The van der Waals surface area contributed by atoms with Gasteiger partial charge in [-0.2, -0.15) is 0 Å². The lowest BCUT2D eigenvalue weighted by Gasteiger charge is -2.37. The van der Waals surface area contributed by atoms with Crippen molar-refractivity contribution in [3.63, 3.8) is 0 Å². The average Bonchev–Trinajstić information content (AvgIpc) is 3.38. The molecule has 0 radical (unpaired) electrons. The molecular weight excluding hydrogens is 529 g/mol. The Morgan fingerprint density at radius 3 is 2.45 bits per heavy atom. The minimum absolute atomic E-state index is 0. The summed E-state index contributed by atoms with van der Waals surface area (Å²) in [6.45, 7) is 11.3. The number of benzene rings is 1. The fourth-order valence-corrected chi connectivity index (χ4v) is 4.99. The van der Waals surface area contributed by atoms with Crippen LogP contribution in [0.4, 0.5) is 0 Å². The van der Waals surface area contributed by atoms with Crippen LogP contribution in [0.15, 0.2) is 35.3 Å². The Labute approximate surface area is 216 Å². The van der Waals surface area contributed by atoms with Crippen LogP contribution in [0, 0.1) is 0 Å². The molecular formula is C25H42IN5O2. The molecule has 3 saturated heterocycles. The zero-order valence-corrected chi connectivity index (χ0v) is 22.5. The second kappa shape index (κ2) is 14.5. The molecule has 186 valence electrons. The van der Waals surface area contributed by atoms with Gasteiger partial charge in [0.25, 0.3) is 0 Å². The second-order valence-electron chi connectivity index (χ2n) is 9.19. The first-order chi connectivity index (χ1) is 15.8. The molecule has 3 aliphatic heterocycles. The fourth-order valence-electron chi connectivity index (χ4n) is 4.99. The number of rotatable bonds is 8. The number of piperazine rings is 1. The Kier molecular flexibility index (Phi) is 11.7. The van der Waals surface area contributed by atoms with Crippen LogP contribution >= 0.6 is 24.0 Å². The smallest absolute Gasteiger partial charge is 0.193 e. The van der Waals surface area contributed by atoms with E-state index >= 15 is 0 Å². The molecule has 0 amide bonds. The van der Waals surface area contributed by atoms with Gasteiger partial charge in [-0.3, -0.25) is 9.89 Å². The topological polar surface area (TPSA) is 52.6 Å². The standard InChI is InChI=1S/C25H41N5O2.HI/c1-26-25(30-17-19-32-24(21-30)23-10-7-18-31-23)27-11-5-6-12-28-13-15-29(16-14-28)20-22-8-3-2-4-9-22;/h2-4,8-9,23-24H,5-7,10-21H2,1H3,(H,26,27);1H. The van der Waals surface area contributed by atoms with Crippen LogP contribution in [0.1, 0.15) is 31.2 Å². The van der Waals surface area contributed by atoms with E-state index < -0.39 is 0 Å². The highest BCUT2D eigenvalue weighted by molar-refractivity contribution is 14.0. The molecule has 1 aromatic carbocycles. The molecule has 0 aromatic heterocycles. The van der Waals surface area contributed by atoms with Crippen molar-refractivity contribution in [1.29, 1.82) is 0 Å². The number of ether oxygens (including phenoxy) is 2. The lowest BCUT2D eigenvalue weighted by atomic mass is 10.1. The van der Waals surface area contributed by atoms with Crippen LogP contribution in [0.2, 0.25) is 0 Å². The van der Waals surface area contributed by atoms with Crippen LogP contribution < -0.4 is 5.32 Å². The molecule has 7 nitrogen and oxygen atoms in total. The van der Waals surface area contributed by atoms with E-state index in [0.29, 0.717) is 0 Å². The molecule has 2 atom stereocenters. The molecule has 33 heavy (non-hydrogen) atoms. The highest BCUT2D eigenvalue weighted by Gasteiger charge is 2.32. The van der Waals surface area contributed by atoms with Gasteiger partial charge in [-0.05, 0) is 37.8 Å². The van der Waals surface area contributed by atoms with Crippen molar-refractivity contribution in [2.24, 2.45) is 4.99 Å². The van der Waals surface area contributed by atoms with Gasteiger partial charge >= 0.3 is 0 Å². The number of aliphatic imine (C=N–C) groups is 1. The Bertz CT molecular complexity index is 693. The van der Waals surface area contributed by atoms with Crippen molar-refractivity contribution < 1.29 is 9.47 Å². The summed E-state index contributed by atoms with van der Waals surface area (Å²) in [6, 6.07) is 10.8. The van der Waals surface area contributed by atoms with Crippen molar-refractivity contribution in [2.75, 3.05) is 72.6 Å². The largest absolute Gasteiger partial charge is 0.375 e. The van der Waals surface area contributed by atoms with E-state index in [1.807, 2.05) is 7.05 Å². The number of halogens is 1. The number of unbranched alkanes of at least 4 members (excludes halogenated alkanes) is 1. The molecule has 3 heterocycles. The summed E-state index contributed by atoms with van der Waals surface area (Å²) in [5.41, 5.74) is 1.42. The van der Waals surface area contributed by atoms with E-state index in [4.69, 9.17) is 9.47 Å². The fraction of sp³-hybridized carbons (Fsp3) is 0.720. The number of nitrogens with zero attached hydrogens (tertiary/aromatic N) is 4. The van der Waals surface area contributed by atoms with Crippen LogP contribution in [0.25, 0.3) is 0 Å². The predicted molar refractivity (Wildman–Crippen MR) is 144 cm³/mol. The quantitative estimate of drug-likeness (QED) is 0.224. The molecule has 3 fully saturated rings. The Morgan fingerprint density at radius 2 is 1.73 bits per heavy atom. The van der Waals surface area contributed by atoms with E-state index in [1.54, 1.807) is 0 Å². The van der Waals surface area contributed by atoms with Crippen molar-refractivity contribution in [3.8, 4) is 0 Å². The van der Waals surface area contributed by atoms with Crippen molar-refractivity contribution in [3.05, 3.63) is 35.9 Å². The third-order valence-electron chi connectivity index (χ3n) is 6.88. The molecule has 4 rings (SSSR count). The minimum Gasteiger partial charge on any atom is -0.375 e. The van der Waals surface area contributed by atoms with Gasteiger partial charge in [0.15, 0.2) is 5.96 Å². The van der Waals surface area contributed by atoms with E-state index in [-0.39, 0.29) is 36.2 Å². The molecule has 0 spiro atoms. The lowest BCUT2D eigenvalue weighted by molar-refractivity contribution is -0.0816. The van der Waals surface area contributed by atoms with Gasteiger partial charge in [0.05, 0.1) is 12.7 Å². The van der Waals surface area contributed by atoms with Gasteiger partial charge in [-0.15, -0.1) is 24.0 Å². The maximum Gasteiger partial charge on any atom is 0.193 e. The zero-order chi connectivity index (χ0) is 22.0. The first kappa shape index (κ1) is 26.7. The van der Waals surface area contributed by atoms with Crippen molar-refractivity contribution in [2.45, 2.75) is 44.4 Å². The monoisotopic (exact) mass is 571 g/mol. The van der Waals surface area contributed by atoms with Crippen LogP contribution in [-0.2, 0) is 16.0 Å². The summed E-state index contributed by atoms with van der Waals surface area (Å²) in [5, 5.41) is 3.58. The number of hydrogen-bond acceptors (Lipinski definition) is 5. The van der Waals surface area contributed by atoms with Gasteiger partial charge < -0.3 is 24.6 Å². The molecule has 2 unspecified atom stereocenters. The Morgan fingerprint density at radius 1 is 0.970 bits per heavy atom. The summed E-state index contributed by atoms with van der Waals surface area (Å²) >= 11 is 0. The third-order valence-corrected chi connectivity index (χ3v) is 6.88. The molecule has 1 N–H and O–H groups in total. The third kappa shape index (κ3) is 8.35. The predicted octanol–water partition coefficient (Wildman–Crippen LogP) is 2.66. The van der Waals surface area contributed by atoms with E-state index in [9.17, 15) is 0 Å². The van der Waals surface area contributed by atoms with Crippen molar-refractivity contribution in [1.82, 2.24) is 20.0 Å². The van der Waals surface area contributed by atoms with Gasteiger partial charge in [-0.1, -0.05) is 30.3 Å². The van der Waals surface area contributed by atoms with E-state index in [2.05, 4.69) is 55.3 Å². The van der Waals surface area contributed by atoms with Gasteiger partial charge in [0.2, 0.25) is 0 Å². The maximum atomic E-state index is 5.98. The summed E-state index contributed by atoms with van der Waals surface area (Å²) < 4.78 is 11.8. The van der Waals surface area contributed by atoms with Crippen LogP contribution in [0.3, 0.4) is 0 Å². The minimum atomic E-state index is 0. The molecule has 1 aromatic rings. The van der Waals surface area contributed by atoms with Crippen molar-refractivity contribution >= 4 is 29.9 Å². The van der Waals surface area contributed by atoms with E-state index in [1.165, 1.54) is 51.1 Å². The summed E-state index contributed by atoms with van der Waals surface area (Å²) in [6.07, 6.45) is 5.09. The highest BCUT2D eigenvalue weighted by Crippen LogP contribution is 2.21. The van der Waals surface area contributed by atoms with Gasteiger partial charge in [0.1, 0.15) is 6.10 Å². The summed E-state index contributed by atoms with van der Waals surface area (Å²) in [4.78, 5) is 12.0. The van der Waals surface area contributed by atoms with Gasteiger partial charge in [0, 0.05) is 66.0 Å². The number of nitrogens with one attached hydrogen (secondary N) is 1. The SMILES string of the molecule is CN=C(NCCCCN1CCN(Cc2ccccc2)CC1)N1CCOC(C2CCCO2)C1.I. The van der Waals surface area contributed by atoms with Gasteiger partial charge in [-0.25, -0.2) is 0 Å². The van der Waals surface area contributed by atoms with E-state index in [0.717, 1.165) is 58.2 Å². The molecule has 3 aliphatic rings.